The summed E-state index contributed by atoms with van der Waals surface area (Å²) in [4.78, 5) is 10.6. The summed E-state index contributed by atoms with van der Waals surface area (Å²) in [6.07, 6.45) is 3.01. The molecule has 0 rings (SSSR count). The van der Waals surface area contributed by atoms with Crippen LogP contribution in [-0.4, -0.2) is 31.1 Å². The van der Waals surface area contributed by atoms with Gasteiger partial charge in [-0.25, -0.2) is 4.79 Å². The second-order valence-electron chi connectivity index (χ2n) is 2.67. The van der Waals surface area contributed by atoms with E-state index in [9.17, 15) is 4.79 Å². The van der Waals surface area contributed by atoms with E-state index in [-0.39, 0.29) is 6.61 Å². The van der Waals surface area contributed by atoms with Crippen LogP contribution in [0, 0.1) is 0 Å². The fourth-order valence-electron chi connectivity index (χ4n) is 0.882. The van der Waals surface area contributed by atoms with Crippen molar-refractivity contribution in [3.05, 3.63) is 0 Å². The van der Waals surface area contributed by atoms with E-state index in [2.05, 4.69) is 4.74 Å². The van der Waals surface area contributed by atoms with Gasteiger partial charge in [0.25, 0.3) is 0 Å². The molecule has 0 saturated carbocycles. The number of unbranched alkanes of at least 4 members (excludes halogenated alkanes) is 3. The molecule has 0 amide bonds. The minimum Gasteiger partial charge on any atom is -0.435 e. The number of carbonyl (C=O) groups is 1. The van der Waals surface area contributed by atoms with Crippen molar-refractivity contribution in [3.8, 4) is 0 Å². The van der Waals surface area contributed by atoms with Gasteiger partial charge in [-0.2, -0.15) is 0 Å². The highest BCUT2D eigenvalue weighted by Crippen LogP contribution is 1.99. The van der Waals surface area contributed by atoms with Gasteiger partial charge in [-0.1, -0.05) is 6.42 Å². The van der Waals surface area contributed by atoms with Crippen molar-refractivity contribution >= 4 is 6.16 Å². The van der Waals surface area contributed by atoms with Gasteiger partial charge in [-0.3, -0.25) is 0 Å². The molecule has 0 aliphatic carbocycles. The van der Waals surface area contributed by atoms with Gasteiger partial charge >= 0.3 is 6.16 Å². The number of aliphatic hydroxyl groups excluding tert-OH is 1. The van der Waals surface area contributed by atoms with E-state index in [0.29, 0.717) is 13.2 Å². The van der Waals surface area contributed by atoms with E-state index in [1.54, 1.807) is 6.92 Å². The molecule has 0 unspecified atom stereocenters. The molecule has 0 heterocycles. The van der Waals surface area contributed by atoms with Crippen molar-refractivity contribution in [1.82, 2.24) is 0 Å². The zero-order valence-electron chi connectivity index (χ0n) is 8.12. The fraction of sp³-hybridized carbons (Fsp3) is 0.889. The van der Waals surface area contributed by atoms with Crippen LogP contribution in [0.5, 0.6) is 0 Å². The minimum atomic E-state index is -0.593. The molecule has 4 heteroatoms. The van der Waals surface area contributed by atoms with Crippen molar-refractivity contribution in [1.29, 1.82) is 0 Å². The van der Waals surface area contributed by atoms with Gasteiger partial charge < -0.3 is 14.6 Å². The van der Waals surface area contributed by atoms with E-state index < -0.39 is 6.16 Å². The van der Waals surface area contributed by atoms with Crippen LogP contribution in [0.3, 0.4) is 0 Å². The van der Waals surface area contributed by atoms with Crippen molar-refractivity contribution in [2.45, 2.75) is 32.6 Å². The van der Waals surface area contributed by atoms with Crippen LogP contribution in [0.2, 0.25) is 0 Å². The smallest absolute Gasteiger partial charge is 0.435 e. The first kappa shape index (κ1) is 12.2. The van der Waals surface area contributed by atoms with Crippen LogP contribution in [0.25, 0.3) is 0 Å². The molecule has 0 bridgehead atoms. The highest BCUT2D eigenvalue weighted by molar-refractivity contribution is 5.59. The second-order valence-corrected chi connectivity index (χ2v) is 2.67. The zero-order valence-corrected chi connectivity index (χ0v) is 8.12. The average molecular weight is 190 g/mol. The third kappa shape index (κ3) is 9.14. The molecule has 1 N–H and O–H groups in total. The van der Waals surface area contributed by atoms with Crippen molar-refractivity contribution in [3.63, 3.8) is 0 Å². The predicted molar refractivity (Wildman–Crippen MR) is 48.5 cm³/mol. The number of hydrogen-bond donors (Lipinski definition) is 1. The molecule has 0 saturated heterocycles. The highest BCUT2D eigenvalue weighted by Gasteiger charge is 2.00. The summed E-state index contributed by atoms with van der Waals surface area (Å²) in [6.45, 7) is 2.73. The van der Waals surface area contributed by atoms with Crippen LogP contribution in [0.4, 0.5) is 4.79 Å². The number of aliphatic hydroxyl groups is 1. The van der Waals surface area contributed by atoms with E-state index in [0.717, 1.165) is 25.7 Å². The quantitative estimate of drug-likeness (QED) is 0.490. The maximum atomic E-state index is 10.6. The molecule has 0 fully saturated rings. The van der Waals surface area contributed by atoms with Crippen LogP contribution >= 0.6 is 0 Å². The van der Waals surface area contributed by atoms with Gasteiger partial charge in [-0.05, 0) is 26.2 Å². The summed E-state index contributed by atoms with van der Waals surface area (Å²) in [5.74, 6) is 0. The molecular weight excluding hydrogens is 172 g/mol. The molecule has 0 aliphatic rings. The monoisotopic (exact) mass is 190 g/mol. The van der Waals surface area contributed by atoms with E-state index in [1.165, 1.54) is 0 Å². The van der Waals surface area contributed by atoms with E-state index >= 15 is 0 Å². The van der Waals surface area contributed by atoms with Gasteiger partial charge in [0.1, 0.15) is 0 Å². The summed E-state index contributed by atoms with van der Waals surface area (Å²) in [7, 11) is 0. The zero-order chi connectivity index (χ0) is 9.94. The molecule has 78 valence electrons. The van der Waals surface area contributed by atoms with Crippen molar-refractivity contribution < 1.29 is 19.4 Å². The number of rotatable bonds is 7. The van der Waals surface area contributed by atoms with Crippen molar-refractivity contribution in [2.75, 3.05) is 19.8 Å². The lowest BCUT2D eigenvalue weighted by molar-refractivity contribution is 0.0577. The Kier molecular flexibility index (Phi) is 8.77. The number of ether oxygens (including phenoxy) is 2. The van der Waals surface area contributed by atoms with E-state index in [4.69, 9.17) is 9.84 Å². The first-order chi connectivity index (χ1) is 6.31. The highest BCUT2D eigenvalue weighted by atomic mass is 16.7. The fourth-order valence-corrected chi connectivity index (χ4v) is 0.882. The van der Waals surface area contributed by atoms with Gasteiger partial charge in [0.05, 0.1) is 13.2 Å². The first-order valence-corrected chi connectivity index (χ1v) is 4.71. The Hall–Kier alpha value is -0.770. The Labute approximate surface area is 78.8 Å². The number of carbonyl (C=O) groups excluding carboxylic acids is 1. The largest absolute Gasteiger partial charge is 0.508 e. The molecule has 0 aromatic carbocycles. The second kappa shape index (κ2) is 9.32. The first-order valence-electron chi connectivity index (χ1n) is 4.71. The van der Waals surface area contributed by atoms with Gasteiger partial charge in [0, 0.05) is 6.61 Å². The lowest BCUT2D eigenvalue weighted by Crippen LogP contribution is -2.07. The molecule has 0 radical (unpaired) electrons. The third-order valence-electron chi connectivity index (χ3n) is 1.53. The molecule has 0 aliphatic heterocycles. The van der Waals surface area contributed by atoms with Crippen LogP contribution in [-0.2, 0) is 9.47 Å². The lowest BCUT2D eigenvalue weighted by atomic mass is 10.2. The summed E-state index contributed by atoms with van der Waals surface area (Å²) in [5.41, 5.74) is 0. The summed E-state index contributed by atoms with van der Waals surface area (Å²) >= 11 is 0. The standard InChI is InChI=1S/C9H18O4/c1-2-12-9(11)13-8-6-4-3-5-7-10/h10H,2-8H2,1H3. The van der Waals surface area contributed by atoms with Crippen LogP contribution in [0.1, 0.15) is 32.6 Å². The molecule has 0 aromatic rings. The third-order valence-corrected chi connectivity index (χ3v) is 1.53. The Morgan fingerprint density at radius 2 is 1.85 bits per heavy atom. The SMILES string of the molecule is CCOC(=O)OCCCCCCO. The molecule has 0 aromatic heterocycles. The summed E-state index contributed by atoms with van der Waals surface area (Å²) < 4.78 is 9.31. The average Bonchev–Trinajstić information content (AvgIpc) is 2.11. The molecule has 0 atom stereocenters. The topological polar surface area (TPSA) is 55.8 Å². The maximum absolute atomic E-state index is 10.6. The lowest BCUT2D eigenvalue weighted by Gasteiger charge is -2.03. The van der Waals surface area contributed by atoms with Gasteiger partial charge in [0.2, 0.25) is 0 Å². The summed E-state index contributed by atoms with van der Waals surface area (Å²) in [6, 6.07) is 0. The van der Waals surface area contributed by atoms with E-state index in [1.807, 2.05) is 0 Å². The predicted octanol–water partition coefficient (Wildman–Crippen LogP) is 1.71. The molecular formula is C9H18O4. The number of hydrogen-bond acceptors (Lipinski definition) is 4. The molecule has 0 spiro atoms. The Balaban J connectivity index is 3.02. The van der Waals surface area contributed by atoms with Gasteiger partial charge in [0.15, 0.2) is 0 Å². The Bertz CT molecular complexity index is 125. The van der Waals surface area contributed by atoms with Crippen LogP contribution < -0.4 is 0 Å². The maximum Gasteiger partial charge on any atom is 0.508 e. The Morgan fingerprint density at radius 3 is 2.46 bits per heavy atom. The van der Waals surface area contributed by atoms with Crippen LogP contribution in [0.15, 0.2) is 0 Å². The normalized spacial score (nSPS) is 9.69. The van der Waals surface area contributed by atoms with Crippen molar-refractivity contribution in [2.24, 2.45) is 0 Å². The minimum absolute atomic E-state index is 0.235. The molecule has 13 heavy (non-hydrogen) atoms. The molecule has 4 nitrogen and oxygen atoms in total. The summed E-state index contributed by atoms with van der Waals surface area (Å²) in [5, 5.41) is 8.48. The van der Waals surface area contributed by atoms with Gasteiger partial charge in [-0.15, -0.1) is 0 Å². The Morgan fingerprint density at radius 1 is 1.15 bits per heavy atom.